The summed E-state index contributed by atoms with van der Waals surface area (Å²) in [6, 6.07) is 5.87. The second-order valence-electron chi connectivity index (χ2n) is 4.78. The van der Waals surface area contributed by atoms with Crippen molar-refractivity contribution in [2.75, 3.05) is 0 Å². The number of carbonyl (C=O) groups excluding carboxylic acids is 1. The van der Waals surface area contributed by atoms with Gasteiger partial charge in [-0.15, -0.1) is 10.2 Å². The summed E-state index contributed by atoms with van der Waals surface area (Å²) >= 11 is 0. The van der Waals surface area contributed by atoms with Crippen molar-refractivity contribution in [2.45, 2.75) is 38.5 Å². The fraction of sp³-hybridized carbons (Fsp3) is 0.462. The van der Waals surface area contributed by atoms with E-state index in [1.165, 1.54) is 19.3 Å². The molecule has 0 radical (unpaired) electrons. The molecule has 2 aromatic rings. The second kappa shape index (κ2) is 3.95. The van der Waals surface area contributed by atoms with Crippen LogP contribution in [0.2, 0.25) is 0 Å². The maximum absolute atomic E-state index is 11.3. The molecule has 0 atom stereocenters. The third kappa shape index (κ3) is 1.73. The Morgan fingerprint density at radius 1 is 1.41 bits per heavy atom. The Balaban J connectivity index is 2.13. The first-order valence-corrected chi connectivity index (χ1v) is 6.08. The van der Waals surface area contributed by atoms with Crippen LogP contribution < -0.4 is 0 Å². The number of nitrogens with zero attached hydrogens (tertiary/aromatic N) is 3. The summed E-state index contributed by atoms with van der Waals surface area (Å²) in [4.78, 5) is 11.3. The lowest BCUT2D eigenvalue weighted by atomic mass is 9.85. The van der Waals surface area contributed by atoms with Crippen molar-refractivity contribution in [3.05, 3.63) is 29.7 Å². The Kier molecular flexibility index (Phi) is 2.42. The number of pyridine rings is 1. The summed E-state index contributed by atoms with van der Waals surface area (Å²) < 4.78 is 2.06. The third-order valence-electron chi connectivity index (χ3n) is 3.43. The summed E-state index contributed by atoms with van der Waals surface area (Å²) in [6.45, 7) is 1.62. The molecular formula is C13H15N3O. The zero-order chi connectivity index (χ0) is 11.8. The summed E-state index contributed by atoms with van der Waals surface area (Å²) in [6.07, 6.45) is 4.11. The van der Waals surface area contributed by atoms with Gasteiger partial charge in [-0.3, -0.25) is 9.20 Å². The van der Waals surface area contributed by atoms with Crippen molar-refractivity contribution in [1.82, 2.24) is 14.6 Å². The molecule has 4 nitrogen and oxygen atoms in total. The van der Waals surface area contributed by atoms with E-state index in [1.54, 1.807) is 6.92 Å². The highest BCUT2D eigenvalue weighted by Gasteiger charge is 2.25. The minimum atomic E-state index is 0.172. The van der Waals surface area contributed by atoms with Crippen LogP contribution in [0.25, 0.3) is 5.65 Å². The molecule has 1 aliphatic rings. The van der Waals surface area contributed by atoms with Gasteiger partial charge in [0.1, 0.15) is 11.6 Å². The molecule has 1 fully saturated rings. The van der Waals surface area contributed by atoms with Crippen LogP contribution >= 0.6 is 0 Å². The van der Waals surface area contributed by atoms with Gasteiger partial charge in [-0.25, -0.2) is 0 Å². The van der Waals surface area contributed by atoms with Crippen molar-refractivity contribution in [1.29, 1.82) is 0 Å². The minimum Gasteiger partial charge on any atom is -0.300 e. The molecule has 0 saturated heterocycles. The summed E-state index contributed by atoms with van der Waals surface area (Å²) in [5, 5.41) is 8.48. The fourth-order valence-electron chi connectivity index (χ4n) is 2.35. The summed E-state index contributed by atoms with van der Waals surface area (Å²) in [7, 11) is 0. The van der Waals surface area contributed by atoms with Crippen LogP contribution in [-0.2, 0) is 11.2 Å². The van der Waals surface area contributed by atoms with Gasteiger partial charge < -0.3 is 0 Å². The molecule has 0 spiro atoms. The van der Waals surface area contributed by atoms with E-state index in [0.29, 0.717) is 12.3 Å². The molecule has 3 rings (SSSR count). The van der Waals surface area contributed by atoms with Crippen molar-refractivity contribution in [3.8, 4) is 0 Å². The number of ketones is 1. The predicted octanol–water partition coefficient (Wildman–Crippen LogP) is 2.13. The average Bonchev–Trinajstić information content (AvgIpc) is 2.60. The van der Waals surface area contributed by atoms with Crippen LogP contribution in [-0.4, -0.2) is 20.4 Å². The van der Waals surface area contributed by atoms with E-state index in [9.17, 15) is 4.79 Å². The van der Waals surface area contributed by atoms with Gasteiger partial charge in [-0.2, -0.15) is 0 Å². The average molecular weight is 229 g/mol. The lowest BCUT2D eigenvalue weighted by Crippen LogP contribution is -2.15. The first-order chi connectivity index (χ1) is 8.25. The predicted molar refractivity (Wildman–Crippen MR) is 64.0 cm³/mol. The van der Waals surface area contributed by atoms with Gasteiger partial charge in [0.25, 0.3) is 0 Å². The lowest BCUT2D eigenvalue weighted by Gasteiger charge is -2.24. The van der Waals surface area contributed by atoms with Crippen molar-refractivity contribution in [3.63, 3.8) is 0 Å². The smallest absolute Gasteiger partial charge is 0.161 e. The van der Waals surface area contributed by atoms with Gasteiger partial charge in [0.05, 0.1) is 0 Å². The van der Waals surface area contributed by atoms with E-state index in [1.807, 2.05) is 18.2 Å². The molecule has 2 aromatic heterocycles. The molecule has 0 N–H and O–H groups in total. The number of Topliss-reactive ketones (excluding diaryl/α,β-unsaturated/α-hetero) is 1. The SMILES string of the molecule is CC(=O)Cc1cccc2nnc(C3CCC3)n12. The second-order valence-corrected chi connectivity index (χ2v) is 4.78. The number of rotatable bonds is 3. The van der Waals surface area contributed by atoms with E-state index in [-0.39, 0.29) is 5.78 Å². The lowest BCUT2D eigenvalue weighted by molar-refractivity contribution is -0.116. The van der Waals surface area contributed by atoms with Gasteiger partial charge in [0.2, 0.25) is 0 Å². The largest absolute Gasteiger partial charge is 0.300 e. The molecule has 1 aliphatic carbocycles. The van der Waals surface area contributed by atoms with Gasteiger partial charge in [0, 0.05) is 18.0 Å². The van der Waals surface area contributed by atoms with Crippen LogP contribution in [0.3, 0.4) is 0 Å². The number of fused-ring (bicyclic) bond motifs is 1. The zero-order valence-electron chi connectivity index (χ0n) is 9.89. The molecule has 17 heavy (non-hydrogen) atoms. The third-order valence-corrected chi connectivity index (χ3v) is 3.43. The topological polar surface area (TPSA) is 47.3 Å². The molecule has 0 amide bonds. The van der Waals surface area contributed by atoms with Gasteiger partial charge >= 0.3 is 0 Å². The molecule has 0 aromatic carbocycles. The van der Waals surface area contributed by atoms with E-state index < -0.39 is 0 Å². The molecule has 0 aliphatic heterocycles. The van der Waals surface area contributed by atoms with Crippen LogP contribution in [0, 0.1) is 0 Å². The number of hydrogen-bond acceptors (Lipinski definition) is 3. The number of hydrogen-bond donors (Lipinski definition) is 0. The molecule has 4 heteroatoms. The van der Waals surface area contributed by atoms with E-state index in [4.69, 9.17) is 0 Å². The first-order valence-electron chi connectivity index (χ1n) is 6.08. The van der Waals surface area contributed by atoms with Crippen molar-refractivity contribution in [2.24, 2.45) is 0 Å². The highest BCUT2D eigenvalue weighted by Crippen LogP contribution is 2.35. The van der Waals surface area contributed by atoms with Gasteiger partial charge in [0.15, 0.2) is 5.65 Å². The minimum absolute atomic E-state index is 0.172. The summed E-state index contributed by atoms with van der Waals surface area (Å²) in [5.41, 5.74) is 1.85. The summed E-state index contributed by atoms with van der Waals surface area (Å²) in [5.74, 6) is 1.73. The standard InChI is InChI=1S/C13H15N3O/c1-9(17)8-11-6-3-7-12-14-15-13(16(11)12)10-4-2-5-10/h3,6-7,10H,2,4-5,8H2,1H3. The van der Waals surface area contributed by atoms with E-state index in [0.717, 1.165) is 17.2 Å². The van der Waals surface area contributed by atoms with Gasteiger partial charge in [-0.1, -0.05) is 12.5 Å². The maximum atomic E-state index is 11.3. The monoisotopic (exact) mass is 229 g/mol. The van der Waals surface area contributed by atoms with E-state index in [2.05, 4.69) is 14.6 Å². The Morgan fingerprint density at radius 2 is 2.24 bits per heavy atom. The maximum Gasteiger partial charge on any atom is 0.161 e. The van der Waals surface area contributed by atoms with E-state index >= 15 is 0 Å². The molecule has 0 unspecified atom stereocenters. The molecule has 88 valence electrons. The van der Waals surface area contributed by atoms with Crippen LogP contribution in [0.1, 0.15) is 43.6 Å². The van der Waals surface area contributed by atoms with Gasteiger partial charge in [-0.05, 0) is 31.9 Å². The van der Waals surface area contributed by atoms with Crippen LogP contribution in [0.4, 0.5) is 0 Å². The first kappa shape index (κ1) is 10.4. The number of carbonyl (C=O) groups is 1. The Bertz CT molecular complexity index is 569. The fourth-order valence-corrected chi connectivity index (χ4v) is 2.35. The molecule has 1 saturated carbocycles. The zero-order valence-corrected chi connectivity index (χ0v) is 9.89. The van der Waals surface area contributed by atoms with Crippen LogP contribution in [0.5, 0.6) is 0 Å². The number of aromatic nitrogens is 3. The van der Waals surface area contributed by atoms with Crippen molar-refractivity contribution < 1.29 is 4.79 Å². The highest BCUT2D eigenvalue weighted by atomic mass is 16.1. The Morgan fingerprint density at radius 3 is 2.88 bits per heavy atom. The molecule has 0 bridgehead atoms. The Hall–Kier alpha value is -1.71. The quantitative estimate of drug-likeness (QED) is 0.810. The normalized spacial score (nSPS) is 16.1. The Labute approximate surface area is 99.7 Å². The molecule has 2 heterocycles. The molecular weight excluding hydrogens is 214 g/mol. The van der Waals surface area contributed by atoms with Crippen molar-refractivity contribution >= 4 is 11.4 Å². The highest BCUT2D eigenvalue weighted by molar-refractivity contribution is 5.78. The van der Waals surface area contributed by atoms with Crippen LogP contribution in [0.15, 0.2) is 18.2 Å².